The zero-order valence-electron chi connectivity index (χ0n) is 15.0. The molecule has 5 nitrogen and oxygen atoms in total. The lowest BCUT2D eigenvalue weighted by Crippen LogP contribution is -2.54. The van der Waals surface area contributed by atoms with Gasteiger partial charge in [0.1, 0.15) is 0 Å². The van der Waals surface area contributed by atoms with E-state index in [1.54, 1.807) is 0 Å². The molecule has 0 saturated carbocycles. The van der Waals surface area contributed by atoms with Crippen LogP contribution in [0, 0.1) is 11.8 Å². The van der Waals surface area contributed by atoms with Crippen molar-refractivity contribution in [3.63, 3.8) is 0 Å². The molecular formula is C18H22ClF3N2O3. The molecule has 1 aromatic rings. The zero-order valence-corrected chi connectivity index (χ0v) is 15.8. The Morgan fingerprint density at radius 2 is 1.81 bits per heavy atom. The Bertz CT molecular complexity index is 697. The van der Waals surface area contributed by atoms with E-state index in [4.69, 9.17) is 21.5 Å². The van der Waals surface area contributed by atoms with E-state index in [1.165, 1.54) is 5.56 Å². The molecule has 2 heterocycles. The number of amides is 1. The Labute approximate surface area is 160 Å². The second-order valence-electron chi connectivity index (χ2n) is 7.05. The van der Waals surface area contributed by atoms with Crippen molar-refractivity contribution in [2.45, 2.75) is 32.6 Å². The fourth-order valence-corrected chi connectivity index (χ4v) is 3.51. The molecule has 2 saturated heterocycles. The van der Waals surface area contributed by atoms with Gasteiger partial charge in [0.05, 0.1) is 0 Å². The zero-order chi connectivity index (χ0) is 20.4. The highest BCUT2D eigenvalue weighted by molar-refractivity contribution is 6.31. The molecule has 27 heavy (non-hydrogen) atoms. The molecule has 0 bridgehead atoms. The summed E-state index contributed by atoms with van der Waals surface area (Å²) in [5.41, 5.74) is 1.18. The first-order valence-electron chi connectivity index (χ1n) is 8.57. The maximum atomic E-state index is 12.1. The molecule has 1 N–H and O–H groups in total. The monoisotopic (exact) mass is 406 g/mol. The molecule has 2 unspecified atom stereocenters. The van der Waals surface area contributed by atoms with Crippen LogP contribution in [0.3, 0.4) is 0 Å². The Hall–Kier alpha value is -1.80. The molecule has 0 spiro atoms. The lowest BCUT2D eigenvalue weighted by Gasteiger charge is -2.43. The molecule has 1 aromatic carbocycles. The van der Waals surface area contributed by atoms with E-state index >= 15 is 0 Å². The highest BCUT2D eigenvalue weighted by Crippen LogP contribution is 2.35. The third kappa shape index (κ3) is 5.35. The molecule has 2 fully saturated rings. The van der Waals surface area contributed by atoms with Crippen LogP contribution in [-0.2, 0) is 16.1 Å². The first-order chi connectivity index (χ1) is 12.5. The van der Waals surface area contributed by atoms with Crippen molar-refractivity contribution < 1.29 is 27.9 Å². The van der Waals surface area contributed by atoms with Gasteiger partial charge in [-0.25, -0.2) is 4.79 Å². The predicted octanol–water partition coefficient (Wildman–Crippen LogP) is 3.27. The molecule has 3 rings (SSSR count). The number of hydrogen-bond donors (Lipinski definition) is 1. The number of carbonyl (C=O) groups is 2. The predicted molar refractivity (Wildman–Crippen MR) is 94.2 cm³/mol. The number of nitrogens with zero attached hydrogens (tertiary/aromatic N) is 2. The summed E-state index contributed by atoms with van der Waals surface area (Å²) >= 11 is 6.22. The first kappa shape index (κ1) is 21.5. The van der Waals surface area contributed by atoms with Crippen LogP contribution >= 0.6 is 11.6 Å². The van der Waals surface area contributed by atoms with Gasteiger partial charge in [-0.3, -0.25) is 9.69 Å². The van der Waals surface area contributed by atoms with Crippen molar-refractivity contribution in [2.24, 2.45) is 11.8 Å². The number of benzene rings is 1. The van der Waals surface area contributed by atoms with Crippen LogP contribution in [0.25, 0.3) is 0 Å². The van der Waals surface area contributed by atoms with Crippen molar-refractivity contribution in [3.8, 4) is 0 Å². The van der Waals surface area contributed by atoms with Gasteiger partial charge < -0.3 is 10.0 Å². The minimum atomic E-state index is -5.08. The SMILES string of the molecule is CC(C)C(=O)N1CC2CN(Cc3ccccc3Cl)C2C1.O=C(O)C(F)(F)F. The van der Waals surface area contributed by atoms with Crippen LogP contribution in [0.5, 0.6) is 0 Å². The van der Waals surface area contributed by atoms with Gasteiger partial charge in [0.2, 0.25) is 5.91 Å². The molecule has 0 aromatic heterocycles. The summed E-state index contributed by atoms with van der Waals surface area (Å²) in [7, 11) is 0. The number of likely N-dealkylation sites (tertiary alicyclic amines) is 2. The Balaban J connectivity index is 0.000000321. The Kier molecular flexibility index (Phi) is 6.75. The van der Waals surface area contributed by atoms with E-state index in [1.807, 2.05) is 36.9 Å². The van der Waals surface area contributed by atoms with Crippen molar-refractivity contribution >= 4 is 23.5 Å². The van der Waals surface area contributed by atoms with Crippen LogP contribution in [-0.4, -0.2) is 58.6 Å². The summed E-state index contributed by atoms with van der Waals surface area (Å²) in [5.74, 6) is -1.71. The summed E-state index contributed by atoms with van der Waals surface area (Å²) < 4.78 is 31.7. The van der Waals surface area contributed by atoms with Crippen molar-refractivity contribution in [2.75, 3.05) is 19.6 Å². The second-order valence-corrected chi connectivity index (χ2v) is 7.46. The Morgan fingerprint density at radius 3 is 2.33 bits per heavy atom. The third-order valence-corrected chi connectivity index (χ3v) is 5.09. The quantitative estimate of drug-likeness (QED) is 0.837. The average molecular weight is 407 g/mol. The van der Waals surface area contributed by atoms with E-state index in [-0.39, 0.29) is 11.8 Å². The molecule has 2 aliphatic rings. The van der Waals surface area contributed by atoms with Crippen molar-refractivity contribution in [3.05, 3.63) is 34.9 Å². The molecule has 2 atom stereocenters. The standard InChI is InChI=1S/C16H21ClN2O.C2HF3O2/c1-11(2)16(20)19-9-13-8-18(15(13)10-19)7-12-5-3-4-6-14(12)17;3-2(4,5)1(6)7/h3-6,11,13,15H,7-10H2,1-2H3;(H,6,7). The van der Waals surface area contributed by atoms with Gasteiger partial charge in [-0.1, -0.05) is 43.6 Å². The second kappa shape index (κ2) is 8.48. The number of alkyl halides is 3. The van der Waals surface area contributed by atoms with E-state index < -0.39 is 12.1 Å². The maximum absolute atomic E-state index is 12.1. The normalized spacial score (nSPS) is 22.0. The van der Waals surface area contributed by atoms with Crippen LogP contribution in [0.4, 0.5) is 13.2 Å². The van der Waals surface area contributed by atoms with Crippen molar-refractivity contribution in [1.29, 1.82) is 0 Å². The van der Waals surface area contributed by atoms with Gasteiger partial charge in [-0.05, 0) is 11.6 Å². The number of carboxylic acid groups (broad SMARTS) is 1. The number of carbonyl (C=O) groups excluding carboxylic acids is 1. The number of aliphatic carboxylic acids is 1. The highest BCUT2D eigenvalue weighted by Gasteiger charge is 2.46. The number of carboxylic acids is 1. The molecular weight excluding hydrogens is 385 g/mol. The number of hydrogen-bond acceptors (Lipinski definition) is 3. The fraction of sp³-hybridized carbons (Fsp3) is 0.556. The molecule has 0 aliphatic carbocycles. The van der Waals surface area contributed by atoms with Gasteiger partial charge in [0, 0.05) is 49.1 Å². The van der Waals surface area contributed by atoms with Crippen LogP contribution in [0.2, 0.25) is 5.02 Å². The van der Waals surface area contributed by atoms with Crippen LogP contribution < -0.4 is 0 Å². The van der Waals surface area contributed by atoms with Gasteiger partial charge in [0.15, 0.2) is 0 Å². The number of fused-ring (bicyclic) bond motifs is 1. The fourth-order valence-electron chi connectivity index (χ4n) is 3.32. The smallest absolute Gasteiger partial charge is 0.475 e. The van der Waals surface area contributed by atoms with Crippen molar-refractivity contribution in [1.82, 2.24) is 9.80 Å². The van der Waals surface area contributed by atoms with E-state index in [0.29, 0.717) is 12.0 Å². The average Bonchev–Trinajstić information content (AvgIpc) is 2.90. The van der Waals surface area contributed by atoms with E-state index in [9.17, 15) is 18.0 Å². The van der Waals surface area contributed by atoms with Gasteiger partial charge in [-0.2, -0.15) is 13.2 Å². The lowest BCUT2D eigenvalue weighted by atomic mass is 9.91. The first-order valence-corrected chi connectivity index (χ1v) is 8.94. The largest absolute Gasteiger partial charge is 0.490 e. The molecule has 2 aliphatic heterocycles. The van der Waals surface area contributed by atoms with Crippen LogP contribution in [0.1, 0.15) is 19.4 Å². The van der Waals surface area contributed by atoms with Gasteiger partial charge >= 0.3 is 12.1 Å². The molecule has 1 amide bonds. The summed E-state index contributed by atoms with van der Waals surface area (Å²) in [6.45, 7) is 7.74. The topological polar surface area (TPSA) is 60.9 Å². The summed E-state index contributed by atoms with van der Waals surface area (Å²) in [6, 6.07) is 8.54. The van der Waals surface area contributed by atoms with Crippen LogP contribution in [0.15, 0.2) is 24.3 Å². The molecule has 9 heteroatoms. The third-order valence-electron chi connectivity index (χ3n) is 4.72. The maximum Gasteiger partial charge on any atom is 0.490 e. The van der Waals surface area contributed by atoms with Gasteiger partial charge in [0.25, 0.3) is 0 Å². The highest BCUT2D eigenvalue weighted by atomic mass is 35.5. The van der Waals surface area contributed by atoms with E-state index in [2.05, 4.69) is 11.0 Å². The lowest BCUT2D eigenvalue weighted by molar-refractivity contribution is -0.192. The Morgan fingerprint density at radius 1 is 1.22 bits per heavy atom. The minimum absolute atomic E-state index is 0.101. The number of rotatable bonds is 3. The minimum Gasteiger partial charge on any atom is -0.475 e. The molecule has 0 radical (unpaired) electrons. The van der Waals surface area contributed by atoms with E-state index in [0.717, 1.165) is 31.2 Å². The van der Waals surface area contributed by atoms with Gasteiger partial charge in [-0.15, -0.1) is 0 Å². The molecule has 150 valence electrons. The summed E-state index contributed by atoms with van der Waals surface area (Å²) in [4.78, 5) is 25.4. The summed E-state index contributed by atoms with van der Waals surface area (Å²) in [6.07, 6.45) is -5.08. The number of halogens is 4. The summed E-state index contributed by atoms with van der Waals surface area (Å²) in [5, 5.41) is 7.96.